The Balaban J connectivity index is 1.43. The fraction of sp³-hybridized carbons (Fsp3) is 0.667. The fourth-order valence-corrected chi connectivity index (χ4v) is 3.91. The molecule has 1 aliphatic carbocycles. The summed E-state index contributed by atoms with van der Waals surface area (Å²) in [5.74, 6) is 1.92. The highest BCUT2D eigenvalue weighted by Crippen LogP contribution is 2.30. The van der Waals surface area contributed by atoms with Gasteiger partial charge in [-0.15, -0.1) is 0 Å². The summed E-state index contributed by atoms with van der Waals surface area (Å²) in [5.41, 5.74) is 4.33. The van der Waals surface area contributed by atoms with Crippen LogP contribution in [0.25, 0.3) is 0 Å². The molecule has 0 spiro atoms. The molecule has 0 aromatic heterocycles. The van der Waals surface area contributed by atoms with Crippen LogP contribution in [0.2, 0.25) is 0 Å². The van der Waals surface area contributed by atoms with Gasteiger partial charge in [-0.1, -0.05) is 44.4 Å². The van der Waals surface area contributed by atoms with E-state index in [0.29, 0.717) is 0 Å². The summed E-state index contributed by atoms with van der Waals surface area (Å²) < 4.78 is 0. The van der Waals surface area contributed by atoms with E-state index in [4.69, 9.17) is 0 Å². The van der Waals surface area contributed by atoms with Gasteiger partial charge in [0.25, 0.3) is 0 Å². The van der Waals surface area contributed by atoms with E-state index in [2.05, 4.69) is 35.8 Å². The van der Waals surface area contributed by atoms with Gasteiger partial charge in [-0.2, -0.15) is 0 Å². The largest absolute Gasteiger partial charge is 0.384 e. The Morgan fingerprint density at radius 3 is 3.15 bits per heavy atom. The predicted octanol–water partition coefficient (Wildman–Crippen LogP) is 3.96. The van der Waals surface area contributed by atoms with Crippen LogP contribution in [0.1, 0.15) is 50.2 Å². The second kappa shape index (κ2) is 6.62. The molecule has 2 N–H and O–H groups in total. The van der Waals surface area contributed by atoms with Crippen molar-refractivity contribution in [1.82, 2.24) is 5.32 Å². The van der Waals surface area contributed by atoms with Crippen molar-refractivity contribution in [1.29, 1.82) is 0 Å². The molecule has 2 unspecified atom stereocenters. The zero-order chi connectivity index (χ0) is 13.8. The maximum absolute atomic E-state index is 3.65. The molecular weight excluding hydrogens is 244 g/mol. The lowest BCUT2D eigenvalue weighted by Gasteiger charge is -2.26. The minimum Gasteiger partial charge on any atom is -0.384 e. The van der Waals surface area contributed by atoms with E-state index >= 15 is 0 Å². The Morgan fingerprint density at radius 2 is 2.25 bits per heavy atom. The van der Waals surface area contributed by atoms with Crippen molar-refractivity contribution in [2.75, 3.05) is 18.4 Å². The number of anilines is 1. The molecule has 1 aromatic carbocycles. The van der Waals surface area contributed by atoms with Crippen LogP contribution in [0.5, 0.6) is 0 Å². The van der Waals surface area contributed by atoms with Gasteiger partial charge in [-0.3, -0.25) is 0 Å². The smallest absolute Gasteiger partial charge is 0.0419 e. The van der Waals surface area contributed by atoms with E-state index in [0.717, 1.165) is 24.9 Å². The third-order valence-electron chi connectivity index (χ3n) is 5.02. The summed E-state index contributed by atoms with van der Waals surface area (Å²) in [6, 6.07) is 6.71. The van der Waals surface area contributed by atoms with Crippen LogP contribution in [0.4, 0.5) is 5.69 Å². The zero-order valence-electron chi connectivity index (χ0n) is 12.8. The summed E-state index contributed by atoms with van der Waals surface area (Å²) in [4.78, 5) is 0. The first-order valence-electron chi connectivity index (χ1n) is 8.38. The molecule has 1 heterocycles. The molecular formula is C18H28N2. The summed E-state index contributed by atoms with van der Waals surface area (Å²) in [6.07, 6.45) is 8.34. The topological polar surface area (TPSA) is 24.1 Å². The number of nitrogens with one attached hydrogen (secondary N) is 2. The van der Waals surface area contributed by atoms with Gasteiger partial charge in [0, 0.05) is 18.8 Å². The summed E-state index contributed by atoms with van der Waals surface area (Å²) >= 11 is 0. The average molecular weight is 272 g/mol. The number of benzene rings is 1. The molecule has 110 valence electrons. The first kappa shape index (κ1) is 13.9. The molecule has 2 atom stereocenters. The molecule has 3 rings (SSSR count). The molecule has 2 heteroatoms. The van der Waals surface area contributed by atoms with Crippen LogP contribution in [-0.2, 0) is 13.0 Å². The number of hydrogen-bond acceptors (Lipinski definition) is 2. The van der Waals surface area contributed by atoms with E-state index in [1.165, 1.54) is 61.9 Å². The number of rotatable bonds is 5. The lowest BCUT2D eigenvalue weighted by Crippen LogP contribution is -2.21. The monoisotopic (exact) mass is 272 g/mol. The van der Waals surface area contributed by atoms with Gasteiger partial charge in [-0.25, -0.2) is 0 Å². The van der Waals surface area contributed by atoms with Crippen LogP contribution >= 0.6 is 0 Å². The van der Waals surface area contributed by atoms with E-state index in [-0.39, 0.29) is 0 Å². The molecule has 1 saturated carbocycles. The van der Waals surface area contributed by atoms with Gasteiger partial charge in [0.2, 0.25) is 0 Å². The Labute approximate surface area is 123 Å². The lowest BCUT2D eigenvalue weighted by molar-refractivity contribution is 0.267. The van der Waals surface area contributed by atoms with Gasteiger partial charge >= 0.3 is 0 Å². The first-order chi connectivity index (χ1) is 9.83. The number of hydrogen-bond donors (Lipinski definition) is 2. The fourth-order valence-electron chi connectivity index (χ4n) is 3.91. The molecule has 2 nitrogen and oxygen atoms in total. The van der Waals surface area contributed by atoms with E-state index < -0.39 is 0 Å². The average Bonchev–Trinajstić information content (AvgIpc) is 2.93. The van der Waals surface area contributed by atoms with Gasteiger partial charge in [-0.05, 0) is 48.8 Å². The normalized spacial score (nSPS) is 25.2. The molecule has 20 heavy (non-hydrogen) atoms. The van der Waals surface area contributed by atoms with Crippen molar-refractivity contribution < 1.29 is 0 Å². The van der Waals surface area contributed by atoms with Crippen LogP contribution < -0.4 is 10.6 Å². The molecule has 2 aliphatic rings. The van der Waals surface area contributed by atoms with Crippen molar-refractivity contribution >= 4 is 5.69 Å². The highest BCUT2D eigenvalue weighted by molar-refractivity contribution is 5.61. The Kier molecular flexibility index (Phi) is 4.62. The van der Waals surface area contributed by atoms with Crippen LogP contribution in [0.3, 0.4) is 0 Å². The van der Waals surface area contributed by atoms with E-state index in [9.17, 15) is 0 Å². The maximum Gasteiger partial charge on any atom is 0.0419 e. The van der Waals surface area contributed by atoms with Gasteiger partial charge in [0.15, 0.2) is 0 Å². The highest BCUT2D eigenvalue weighted by atomic mass is 14.9. The quantitative estimate of drug-likeness (QED) is 0.793. The maximum atomic E-state index is 3.65. The second-order valence-corrected chi connectivity index (χ2v) is 6.73. The van der Waals surface area contributed by atoms with Crippen molar-refractivity contribution in [3.05, 3.63) is 29.3 Å². The molecule has 0 radical (unpaired) electrons. The minimum atomic E-state index is 0.954. The van der Waals surface area contributed by atoms with Crippen LogP contribution in [-0.4, -0.2) is 13.1 Å². The van der Waals surface area contributed by atoms with Gasteiger partial charge < -0.3 is 10.6 Å². The minimum absolute atomic E-state index is 0.954. The summed E-state index contributed by atoms with van der Waals surface area (Å²) in [5, 5.41) is 7.18. The second-order valence-electron chi connectivity index (χ2n) is 6.73. The van der Waals surface area contributed by atoms with E-state index in [1.807, 2.05) is 0 Å². The zero-order valence-corrected chi connectivity index (χ0v) is 12.8. The first-order valence-corrected chi connectivity index (χ1v) is 8.38. The molecule has 1 aliphatic heterocycles. The van der Waals surface area contributed by atoms with Crippen molar-refractivity contribution in [2.45, 2.75) is 52.0 Å². The van der Waals surface area contributed by atoms with Crippen molar-refractivity contribution in [3.63, 3.8) is 0 Å². The predicted molar refractivity (Wildman–Crippen MR) is 86.1 cm³/mol. The number of fused-ring (bicyclic) bond motifs is 1. The standard InChI is InChI=1S/C18H28N2/c1-14-4-2-5-15(12-14)8-10-19-13-17-7-3-6-16-9-11-20-18(16)17/h3,6-7,14-15,19-20H,2,4-5,8-13H2,1H3. The third kappa shape index (κ3) is 3.35. The molecule has 1 fully saturated rings. The Hall–Kier alpha value is -1.02. The van der Waals surface area contributed by atoms with Crippen molar-refractivity contribution in [2.24, 2.45) is 11.8 Å². The molecule has 1 aromatic rings. The SMILES string of the molecule is CC1CCCC(CCNCc2cccc3c2NCC3)C1. The molecule has 0 bridgehead atoms. The van der Waals surface area contributed by atoms with Crippen LogP contribution in [0.15, 0.2) is 18.2 Å². The third-order valence-corrected chi connectivity index (χ3v) is 5.02. The Bertz CT molecular complexity index is 441. The van der Waals surface area contributed by atoms with Crippen LogP contribution in [0, 0.1) is 11.8 Å². The van der Waals surface area contributed by atoms with Gasteiger partial charge in [0.1, 0.15) is 0 Å². The highest BCUT2D eigenvalue weighted by Gasteiger charge is 2.18. The summed E-state index contributed by atoms with van der Waals surface area (Å²) in [7, 11) is 0. The van der Waals surface area contributed by atoms with Crippen molar-refractivity contribution in [3.8, 4) is 0 Å². The number of para-hydroxylation sites is 1. The Morgan fingerprint density at radius 1 is 1.30 bits per heavy atom. The lowest BCUT2D eigenvalue weighted by atomic mass is 9.81. The molecule has 0 saturated heterocycles. The molecule has 0 amide bonds. The van der Waals surface area contributed by atoms with E-state index in [1.54, 1.807) is 0 Å². The van der Waals surface area contributed by atoms with Gasteiger partial charge in [0.05, 0.1) is 0 Å². The summed E-state index contributed by atoms with van der Waals surface area (Å²) in [6.45, 7) is 5.70.